The van der Waals surface area contributed by atoms with Gasteiger partial charge in [-0.05, 0) is 68.2 Å². The minimum Gasteiger partial charge on any atom is -0.423 e. The van der Waals surface area contributed by atoms with Crippen molar-refractivity contribution in [2.24, 2.45) is 0 Å². The number of unbranched alkanes of at least 4 members (excludes halogenated alkanes) is 1. The van der Waals surface area contributed by atoms with E-state index in [-0.39, 0.29) is 24.5 Å². The van der Waals surface area contributed by atoms with Crippen LogP contribution >= 0.6 is 0 Å². The number of rotatable bonds is 25. The van der Waals surface area contributed by atoms with Gasteiger partial charge in [0, 0.05) is 27.0 Å². The predicted molar refractivity (Wildman–Crippen MR) is 214 cm³/mol. The second-order valence-electron chi connectivity index (χ2n) is 12.3. The van der Waals surface area contributed by atoms with Crippen molar-refractivity contribution >= 4 is 23.9 Å². The molecule has 0 fully saturated rings. The Morgan fingerprint density at radius 3 is 1.74 bits per heavy atom. The first-order chi connectivity index (χ1) is 26.2. The lowest BCUT2D eigenvalue weighted by Crippen LogP contribution is -2.44. The van der Waals surface area contributed by atoms with Crippen molar-refractivity contribution in [3.05, 3.63) is 133 Å². The average molecular weight is 740 g/mol. The van der Waals surface area contributed by atoms with Crippen LogP contribution in [0.3, 0.4) is 0 Å². The van der Waals surface area contributed by atoms with Gasteiger partial charge in [0.05, 0.1) is 6.42 Å². The summed E-state index contributed by atoms with van der Waals surface area (Å²) in [5.41, 5.74) is 1.35. The lowest BCUT2D eigenvalue weighted by atomic mass is 10.0. The highest BCUT2D eigenvalue weighted by molar-refractivity contribution is 5.89. The van der Waals surface area contributed by atoms with E-state index in [1.54, 1.807) is 12.1 Å². The average Bonchev–Trinajstić information content (AvgIpc) is 3.14. The normalized spacial score (nSPS) is 13.1. The zero-order valence-electron chi connectivity index (χ0n) is 32.2. The van der Waals surface area contributed by atoms with E-state index in [0.29, 0.717) is 25.0 Å². The van der Waals surface area contributed by atoms with Crippen LogP contribution in [0.1, 0.15) is 103 Å². The van der Waals surface area contributed by atoms with Gasteiger partial charge < -0.3 is 18.9 Å². The van der Waals surface area contributed by atoms with E-state index in [4.69, 9.17) is 18.9 Å². The van der Waals surface area contributed by atoms with Crippen LogP contribution in [0.4, 0.5) is 0 Å². The lowest BCUT2D eigenvalue weighted by molar-refractivity contribution is -0.163. The third-order valence-electron chi connectivity index (χ3n) is 7.62. The number of nitrogens with one attached hydrogen (secondary N) is 1. The van der Waals surface area contributed by atoms with Crippen LogP contribution in [0.15, 0.2) is 121 Å². The molecule has 0 aliphatic carbocycles. The van der Waals surface area contributed by atoms with Crippen molar-refractivity contribution < 1.29 is 38.1 Å². The molecule has 9 nitrogen and oxygen atoms in total. The maximum absolute atomic E-state index is 13.7. The van der Waals surface area contributed by atoms with E-state index in [1.807, 2.05) is 49.4 Å². The molecule has 0 aromatic heterocycles. The van der Waals surface area contributed by atoms with Crippen LogP contribution in [0.25, 0.3) is 0 Å². The summed E-state index contributed by atoms with van der Waals surface area (Å²) in [6.45, 7) is 7.19. The third-order valence-corrected chi connectivity index (χ3v) is 7.62. The number of carbonyl (C=O) groups excluding carboxylic acids is 4. The van der Waals surface area contributed by atoms with Gasteiger partial charge in [-0.3, -0.25) is 19.7 Å². The van der Waals surface area contributed by atoms with Gasteiger partial charge in [-0.25, -0.2) is 4.79 Å². The van der Waals surface area contributed by atoms with Gasteiger partial charge in [-0.1, -0.05) is 130 Å². The van der Waals surface area contributed by atoms with Gasteiger partial charge >= 0.3 is 23.9 Å². The molecule has 9 heteroatoms. The molecule has 0 heterocycles. The Morgan fingerprint density at radius 2 is 1.20 bits per heavy atom. The van der Waals surface area contributed by atoms with Gasteiger partial charge in [0.25, 0.3) is 0 Å². The van der Waals surface area contributed by atoms with E-state index in [1.165, 1.54) is 26.0 Å². The highest BCUT2D eigenvalue weighted by Gasteiger charge is 2.34. The third kappa shape index (κ3) is 20.2. The molecule has 0 bridgehead atoms. The first kappa shape index (κ1) is 45.0. The van der Waals surface area contributed by atoms with E-state index in [9.17, 15) is 19.2 Å². The van der Waals surface area contributed by atoms with Crippen molar-refractivity contribution in [1.29, 1.82) is 0 Å². The van der Waals surface area contributed by atoms with Crippen molar-refractivity contribution in [3.63, 3.8) is 0 Å². The summed E-state index contributed by atoms with van der Waals surface area (Å²) >= 11 is 0. The summed E-state index contributed by atoms with van der Waals surface area (Å²) in [7, 11) is 0. The molecule has 0 aliphatic heterocycles. The molecular weight excluding hydrogens is 682 g/mol. The highest BCUT2D eigenvalue weighted by atomic mass is 16.6. The summed E-state index contributed by atoms with van der Waals surface area (Å²) in [5, 5.41) is 3.22. The van der Waals surface area contributed by atoms with E-state index in [0.717, 1.165) is 44.1 Å². The topological polar surface area (TPSA) is 117 Å². The fourth-order valence-corrected chi connectivity index (χ4v) is 4.97. The van der Waals surface area contributed by atoms with Crippen molar-refractivity contribution in [3.8, 4) is 11.5 Å². The molecule has 2 rings (SSSR count). The molecule has 0 saturated carbocycles. The molecule has 0 unspecified atom stereocenters. The minimum absolute atomic E-state index is 0.0109. The predicted octanol–water partition coefficient (Wildman–Crippen LogP) is 9.71. The molecular formula is C45H57NO8. The molecule has 54 heavy (non-hydrogen) atoms. The van der Waals surface area contributed by atoms with Crippen LogP contribution in [0.5, 0.6) is 11.5 Å². The van der Waals surface area contributed by atoms with Gasteiger partial charge in [0.2, 0.25) is 0 Å². The zero-order valence-corrected chi connectivity index (χ0v) is 32.2. The van der Waals surface area contributed by atoms with Gasteiger partial charge in [-0.15, -0.1) is 0 Å². The molecule has 0 aliphatic rings. The van der Waals surface area contributed by atoms with E-state index < -0.39 is 36.0 Å². The summed E-state index contributed by atoms with van der Waals surface area (Å²) in [4.78, 5) is 50.1. The highest BCUT2D eigenvalue weighted by Crippen LogP contribution is 2.34. The molecule has 0 saturated heterocycles. The smallest absolute Gasteiger partial charge is 0.333 e. The first-order valence-corrected chi connectivity index (χ1v) is 18.8. The molecule has 2 aromatic carbocycles. The standard InChI is InChI=1S/C45H57NO8/c1-5-7-9-10-11-12-13-14-15-16-17-18-19-20-21-22-23-27-30-42(49)54-45(50)43(46-35-38-28-25-24-26-29-38)44(51-33-8-6-2)39-31-32-40(52-36(3)47)41(34-39)53-37(4)48/h7,9,11-12,14-15,17-18,20-21,23-29,31-32,34,43-44,46H,5-6,8,10,13,16,19,22,30,33,35H2,1-4H3/b9-7-,12-11-,15-14-,18-17-,21-20-,27-23-/t43-,44+/m0/s1. The summed E-state index contributed by atoms with van der Waals surface area (Å²) in [6.07, 6.45) is 30.7. The zero-order chi connectivity index (χ0) is 39.2. The Kier molecular flexibility index (Phi) is 23.7. The Balaban J connectivity index is 2.05. The second kappa shape index (κ2) is 28.4. The Labute approximate surface area is 321 Å². The fourth-order valence-electron chi connectivity index (χ4n) is 4.97. The van der Waals surface area contributed by atoms with Crippen molar-refractivity contribution in [1.82, 2.24) is 5.32 Å². The Hall–Kier alpha value is -5.12. The number of hydrogen-bond donors (Lipinski definition) is 1. The van der Waals surface area contributed by atoms with Crippen LogP contribution in [-0.4, -0.2) is 36.5 Å². The fraction of sp³-hybridized carbons (Fsp3) is 0.378. The van der Waals surface area contributed by atoms with Crippen LogP contribution < -0.4 is 14.8 Å². The Bertz CT molecular complexity index is 1600. The molecule has 0 amide bonds. The van der Waals surface area contributed by atoms with E-state index >= 15 is 0 Å². The molecule has 2 aromatic rings. The summed E-state index contributed by atoms with van der Waals surface area (Å²) in [6, 6.07) is 12.9. The number of hydrogen-bond acceptors (Lipinski definition) is 9. The molecule has 0 radical (unpaired) electrons. The minimum atomic E-state index is -1.12. The number of esters is 4. The SMILES string of the molecule is CC/C=C\C/C=C\C/C=C\C/C=C\C/C=C\C/C=C\CC(=O)OC(=O)[C@@H](NCc1ccccc1)[C@H](OCCCC)c1ccc(OC(C)=O)c(OC(C)=O)c1. The van der Waals surface area contributed by atoms with Gasteiger partial charge in [0.1, 0.15) is 12.1 Å². The number of ether oxygens (including phenoxy) is 4. The van der Waals surface area contributed by atoms with Crippen molar-refractivity contribution in [2.75, 3.05) is 6.61 Å². The van der Waals surface area contributed by atoms with E-state index in [2.05, 4.69) is 66.9 Å². The molecule has 0 spiro atoms. The van der Waals surface area contributed by atoms with Crippen LogP contribution in [0.2, 0.25) is 0 Å². The number of carbonyl (C=O) groups is 4. The molecule has 1 N–H and O–H groups in total. The van der Waals surface area contributed by atoms with Gasteiger partial charge in [-0.2, -0.15) is 0 Å². The quantitative estimate of drug-likeness (QED) is 0.0349. The second-order valence-corrected chi connectivity index (χ2v) is 12.3. The number of benzene rings is 2. The monoisotopic (exact) mass is 739 g/mol. The number of allylic oxidation sites excluding steroid dienone is 11. The largest absolute Gasteiger partial charge is 0.423 e. The van der Waals surface area contributed by atoms with Gasteiger partial charge in [0.15, 0.2) is 11.5 Å². The van der Waals surface area contributed by atoms with Crippen LogP contribution in [0, 0.1) is 0 Å². The summed E-state index contributed by atoms with van der Waals surface area (Å²) < 4.78 is 22.2. The lowest BCUT2D eigenvalue weighted by Gasteiger charge is -2.27. The van der Waals surface area contributed by atoms with Crippen molar-refractivity contribution in [2.45, 2.75) is 104 Å². The maximum atomic E-state index is 13.7. The summed E-state index contributed by atoms with van der Waals surface area (Å²) in [5.74, 6) is -2.71. The molecule has 290 valence electrons. The first-order valence-electron chi connectivity index (χ1n) is 18.8. The van der Waals surface area contributed by atoms with Crippen LogP contribution in [-0.2, 0) is 35.2 Å². The maximum Gasteiger partial charge on any atom is 0.333 e. The molecule has 2 atom stereocenters. The Morgan fingerprint density at radius 1 is 0.667 bits per heavy atom.